The Hall–Kier alpha value is -1.26. The molecule has 2 amide bonds. The van der Waals surface area contributed by atoms with E-state index in [-0.39, 0.29) is 11.9 Å². The number of hydrogen-bond acceptors (Lipinski definition) is 2. The minimum absolute atomic E-state index is 0.0950. The van der Waals surface area contributed by atoms with E-state index in [2.05, 4.69) is 4.90 Å². The number of carbonyl (C=O) groups excluding carboxylic acids is 1. The molecule has 0 bridgehead atoms. The molecule has 3 rings (SSSR count). The molecule has 2 saturated heterocycles. The number of carboxylic acid groups (broad SMARTS) is 1. The number of fused-ring (bicyclic) bond motifs is 1. The maximum absolute atomic E-state index is 12.8. The molecule has 0 radical (unpaired) electrons. The van der Waals surface area contributed by atoms with Crippen molar-refractivity contribution in [3.05, 3.63) is 0 Å². The van der Waals surface area contributed by atoms with Crippen LogP contribution in [0.2, 0.25) is 0 Å². The Morgan fingerprint density at radius 1 is 0.905 bits per heavy atom. The van der Waals surface area contributed by atoms with Gasteiger partial charge in [-0.1, -0.05) is 12.8 Å². The summed E-state index contributed by atoms with van der Waals surface area (Å²) in [6.45, 7) is 1.97. The van der Waals surface area contributed by atoms with Crippen LogP contribution >= 0.6 is 0 Å². The molecule has 1 aliphatic carbocycles. The molecule has 3 fully saturated rings. The number of hydrogen-bond donors (Lipinski definition) is 1. The van der Waals surface area contributed by atoms with Gasteiger partial charge in [0.05, 0.1) is 5.92 Å². The van der Waals surface area contributed by atoms with Crippen LogP contribution in [-0.2, 0) is 4.79 Å². The molecular formula is C16H26N2O3. The van der Waals surface area contributed by atoms with E-state index in [1.54, 1.807) is 4.90 Å². The van der Waals surface area contributed by atoms with Gasteiger partial charge in [-0.2, -0.15) is 0 Å². The Kier molecular flexibility index (Phi) is 4.36. The van der Waals surface area contributed by atoms with Crippen molar-refractivity contribution < 1.29 is 14.7 Å². The van der Waals surface area contributed by atoms with E-state index in [4.69, 9.17) is 0 Å². The lowest BCUT2D eigenvalue weighted by molar-refractivity contribution is -0.143. The molecule has 0 aromatic heterocycles. The molecule has 3 atom stereocenters. The molecule has 0 spiro atoms. The molecule has 118 valence electrons. The largest absolute Gasteiger partial charge is 0.481 e. The topological polar surface area (TPSA) is 60.9 Å². The molecule has 21 heavy (non-hydrogen) atoms. The summed E-state index contributed by atoms with van der Waals surface area (Å²) in [4.78, 5) is 27.9. The van der Waals surface area contributed by atoms with Gasteiger partial charge in [-0.25, -0.2) is 4.79 Å². The van der Waals surface area contributed by atoms with Gasteiger partial charge >= 0.3 is 12.0 Å². The fourth-order valence-corrected chi connectivity index (χ4v) is 4.40. The van der Waals surface area contributed by atoms with Crippen molar-refractivity contribution in [2.75, 3.05) is 19.6 Å². The summed E-state index contributed by atoms with van der Waals surface area (Å²) in [5.41, 5.74) is 0. The minimum Gasteiger partial charge on any atom is -0.481 e. The second-order valence-corrected chi connectivity index (χ2v) is 6.85. The van der Waals surface area contributed by atoms with Crippen LogP contribution in [0.25, 0.3) is 0 Å². The highest BCUT2D eigenvalue weighted by Gasteiger charge is 2.38. The predicted octanol–water partition coefficient (Wildman–Crippen LogP) is 2.56. The Morgan fingerprint density at radius 3 is 2.43 bits per heavy atom. The van der Waals surface area contributed by atoms with Gasteiger partial charge in [0.15, 0.2) is 0 Å². The summed E-state index contributed by atoms with van der Waals surface area (Å²) in [6.07, 6.45) is 8.78. The molecule has 0 aromatic carbocycles. The first kappa shape index (κ1) is 14.7. The number of carboxylic acids is 1. The van der Waals surface area contributed by atoms with Crippen LogP contribution < -0.4 is 0 Å². The van der Waals surface area contributed by atoms with Crippen LogP contribution in [0.4, 0.5) is 4.79 Å². The smallest absolute Gasteiger partial charge is 0.320 e. The fourth-order valence-electron chi connectivity index (χ4n) is 4.40. The van der Waals surface area contributed by atoms with Gasteiger partial charge in [0.2, 0.25) is 0 Å². The summed E-state index contributed by atoms with van der Waals surface area (Å²) in [6, 6.07) is 0.503. The Labute approximate surface area is 126 Å². The number of nitrogens with zero attached hydrogens (tertiary/aromatic N) is 2. The number of likely N-dealkylation sites (tertiary alicyclic amines) is 2. The van der Waals surface area contributed by atoms with E-state index in [1.165, 1.54) is 25.7 Å². The van der Waals surface area contributed by atoms with Crippen molar-refractivity contribution in [1.82, 2.24) is 9.80 Å². The highest BCUT2D eigenvalue weighted by molar-refractivity contribution is 5.77. The first-order valence-electron chi connectivity index (χ1n) is 8.45. The maximum atomic E-state index is 12.8. The zero-order valence-corrected chi connectivity index (χ0v) is 12.7. The van der Waals surface area contributed by atoms with Gasteiger partial charge in [0, 0.05) is 25.7 Å². The Bertz CT molecular complexity index is 410. The zero-order chi connectivity index (χ0) is 14.8. The Balaban J connectivity index is 1.67. The van der Waals surface area contributed by atoms with Crippen molar-refractivity contribution in [2.24, 2.45) is 11.8 Å². The monoisotopic (exact) mass is 294 g/mol. The molecule has 2 heterocycles. The number of rotatable bonds is 1. The highest BCUT2D eigenvalue weighted by Crippen LogP contribution is 2.36. The number of carbonyl (C=O) groups is 2. The van der Waals surface area contributed by atoms with E-state index in [0.29, 0.717) is 24.9 Å². The lowest BCUT2D eigenvalue weighted by Crippen LogP contribution is -2.56. The normalized spacial score (nSPS) is 33.4. The molecule has 1 saturated carbocycles. The second kappa shape index (κ2) is 6.24. The van der Waals surface area contributed by atoms with Gasteiger partial charge in [-0.15, -0.1) is 0 Å². The lowest BCUT2D eigenvalue weighted by Gasteiger charge is -2.46. The average molecular weight is 294 g/mol. The summed E-state index contributed by atoms with van der Waals surface area (Å²) in [7, 11) is 0. The van der Waals surface area contributed by atoms with Gasteiger partial charge in [0.25, 0.3) is 0 Å². The van der Waals surface area contributed by atoms with Crippen LogP contribution in [0, 0.1) is 11.8 Å². The highest BCUT2D eigenvalue weighted by atomic mass is 16.4. The first-order chi connectivity index (χ1) is 10.2. The number of urea groups is 1. The third-order valence-electron chi connectivity index (χ3n) is 5.53. The van der Waals surface area contributed by atoms with Gasteiger partial charge < -0.3 is 14.9 Å². The predicted molar refractivity (Wildman–Crippen MR) is 79.0 cm³/mol. The standard InChI is InChI=1S/C16H26N2O3/c19-15(20)13-7-3-9-17(11-13)16(21)18-10-4-6-12-5-1-2-8-14(12)18/h12-14H,1-11H2,(H,19,20)/t12?,13-,14?/m0/s1. The molecule has 5 nitrogen and oxygen atoms in total. The minimum atomic E-state index is -0.762. The van der Waals surface area contributed by atoms with E-state index in [9.17, 15) is 14.7 Å². The summed E-state index contributed by atoms with van der Waals surface area (Å²) < 4.78 is 0. The number of piperidine rings is 2. The lowest BCUT2D eigenvalue weighted by atomic mass is 9.78. The van der Waals surface area contributed by atoms with Gasteiger partial charge in [0.1, 0.15) is 0 Å². The molecular weight excluding hydrogens is 268 g/mol. The molecule has 1 N–H and O–H groups in total. The summed E-state index contributed by atoms with van der Waals surface area (Å²) in [5, 5.41) is 9.18. The fraction of sp³-hybridized carbons (Fsp3) is 0.875. The Morgan fingerprint density at radius 2 is 1.62 bits per heavy atom. The second-order valence-electron chi connectivity index (χ2n) is 6.85. The third-order valence-corrected chi connectivity index (χ3v) is 5.53. The van der Waals surface area contributed by atoms with Gasteiger partial charge in [-0.3, -0.25) is 4.79 Å². The quantitative estimate of drug-likeness (QED) is 0.808. The van der Waals surface area contributed by atoms with E-state index >= 15 is 0 Å². The van der Waals surface area contributed by atoms with Crippen molar-refractivity contribution in [3.8, 4) is 0 Å². The zero-order valence-electron chi connectivity index (χ0n) is 12.7. The molecule has 3 aliphatic rings. The van der Waals surface area contributed by atoms with Crippen LogP contribution in [0.1, 0.15) is 51.4 Å². The first-order valence-corrected chi connectivity index (χ1v) is 8.45. The summed E-state index contributed by atoms with van der Waals surface area (Å²) in [5.74, 6) is -0.465. The third kappa shape index (κ3) is 3.01. The molecule has 2 aliphatic heterocycles. The molecule has 5 heteroatoms. The SMILES string of the molecule is O=C(O)[C@H]1CCCN(C(=O)N2CCCC3CCCCC32)C1. The molecule has 2 unspecified atom stereocenters. The van der Waals surface area contributed by atoms with Crippen LogP contribution in [0.3, 0.4) is 0 Å². The number of aliphatic carboxylic acids is 1. The van der Waals surface area contributed by atoms with Crippen LogP contribution in [0.15, 0.2) is 0 Å². The van der Waals surface area contributed by atoms with E-state index in [1.807, 2.05) is 0 Å². The van der Waals surface area contributed by atoms with Crippen molar-refractivity contribution in [2.45, 2.75) is 57.4 Å². The van der Waals surface area contributed by atoms with Crippen molar-refractivity contribution in [1.29, 1.82) is 0 Å². The van der Waals surface area contributed by atoms with Crippen LogP contribution in [0.5, 0.6) is 0 Å². The van der Waals surface area contributed by atoms with E-state index < -0.39 is 5.97 Å². The number of amides is 2. The van der Waals surface area contributed by atoms with Crippen LogP contribution in [-0.4, -0.2) is 52.6 Å². The maximum Gasteiger partial charge on any atom is 0.320 e. The molecule has 0 aromatic rings. The van der Waals surface area contributed by atoms with Gasteiger partial charge in [-0.05, 0) is 44.4 Å². The summed E-state index contributed by atoms with van der Waals surface area (Å²) >= 11 is 0. The van der Waals surface area contributed by atoms with E-state index in [0.717, 1.165) is 32.4 Å². The average Bonchev–Trinajstić information content (AvgIpc) is 2.53. The van der Waals surface area contributed by atoms with Crippen molar-refractivity contribution in [3.63, 3.8) is 0 Å². The van der Waals surface area contributed by atoms with Crippen molar-refractivity contribution >= 4 is 12.0 Å².